The molecule has 0 bridgehead atoms. The average molecular weight is 269 g/mol. The molecular weight excluding hydrogens is 250 g/mol. The highest BCUT2D eigenvalue weighted by Crippen LogP contribution is 2.35. The van der Waals surface area contributed by atoms with Crippen LogP contribution in [-0.4, -0.2) is 0 Å². The van der Waals surface area contributed by atoms with Gasteiger partial charge in [0.15, 0.2) is 0 Å². The summed E-state index contributed by atoms with van der Waals surface area (Å²) in [5, 5.41) is 0. The van der Waals surface area contributed by atoms with Gasteiger partial charge in [-0.05, 0) is 60.6 Å². The van der Waals surface area contributed by atoms with Gasteiger partial charge in [0.25, 0.3) is 0 Å². The van der Waals surface area contributed by atoms with Gasteiger partial charge < -0.3 is 5.73 Å². The summed E-state index contributed by atoms with van der Waals surface area (Å²) in [6.07, 6.45) is 3.79. The Morgan fingerprint density at radius 1 is 1.11 bits per heavy atom. The number of hydrogen-bond acceptors (Lipinski definition) is 2. The number of nitrogens with two attached hydrogens (primary N) is 1. The van der Waals surface area contributed by atoms with E-state index in [9.17, 15) is 0 Å². The fraction of sp³-hybridized carbons (Fsp3) is 0.294. The van der Waals surface area contributed by atoms with E-state index in [0.717, 1.165) is 0 Å². The zero-order chi connectivity index (χ0) is 13.2. The molecule has 1 aliphatic rings. The molecule has 0 aliphatic heterocycles. The summed E-state index contributed by atoms with van der Waals surface area (Å²) >= 11 is 1.85. The summed E-state index contributed by atoms with van der Waals surface area (Å²) in [5.74, 6) is 0. The molecule has 2 N–H and O–H groups in total. The lowest BCUT2D eigenvalue weighted by Gasteiger charge is -2.11. The third-order valence-electron chi connectivity index (χ3n) is 3.80. The Morgan fingerprint density at radius 3 is 2.79 bits per heavy atom. The molecule has 0 radical (unpaired) electrons. The SMILES string of the molecule is Cc1cccc(CN)c1Sc1ccc2c(c1)CCC2. The van der Waals surface area contributed by atoms with Crippen LogP contribution in [0.1, 0.15) is 28.7 Å². The molecule has 0 saturated carbocycles. The molecule has 98 valence electrons. The highest BCUT2D eigenvalue weighted by molar-refractivity contribution is 7.99. The monoisotopic (exact) mass is 269 g/mol. The second-order valence-corrected chi connectivity index (χ2v) is 6.24. The second-order valence-electron chi connectivity index (χ2n) is 5.15. The first-order chi connectivity index (χ1) is 9.28. The molecule has 2 aromatic rings. The minimum atomic E-state index is 0.606. The van der Waals surface area contributed by atoms with Gasteiger partial charge in [-0.15, -0.1) is 0 Å². The van der Waals surface area contributed by atoms with Crippen molar-refractivity contribution < 1.29 is 0 Å². The first-order valence-corrected chi connectivity index (χ1v) is 7.68. The highest BCUT2D eigenvalue weighted by atomic mass is 32.2. The molecule has 2 heteroatoms. The van der Waals surface area contributed by atoms with E-state index in [1.165, 1.54) is 51.3 Å². The topological polar surface area (TPSA) is 26.0 Å². The van der Waals surface area contributed by atoms with Gasteiger partial charge in [0.2, 0.25) is 0 Å². The van der Waals surface area contributed by atoms with E-state index in [0.29, 0.717) is 6.54 Å². The van der Waals surface area contributed by atoms with Gasteiger partial charge >= 0.3 is 0 Å². The van der Waals surface area contributed by atoms with Crippen molar-refractivity contribution in [2.45, 2.75) is 42.5 Å². The lowest BCUT2D eigenvalue weighted by molar-refractivity contribution is 0.911. The molecule has 0 amide bonds. The Labute approximate surface area is 119 Å². The van der Waals surface area contributed by atoms with Crippen LogP contribution in [0, 0.1) is 6.92 Å². The van der Waals surface area contributed by atoms with Crippen LogP contribution in [0.2, 0.25) is 0 Å². The van der Waals surface area contributed by atoms with Crippen LogP contribution in [0.15, 0.2) is 46.2 Å². The molecule has 2 aromatic carbocycles. The van der Waals surface area contributed by atoms with E-state index in [-0.39, 0.29) is 0 Å². The van der Waals surface area contributed by atoms with Gasteiger partial charge in [0.05, 0.1) is 0 Å². The van der Waals surface area contributed by atoms with E-state index in [1.54, 1.807) is 0 Å². The number of hydrogen-bond donors (Lipinski definition) is 1. The number of aryl methyl sites for hydroxylation is 3. The summed E-state index contributed by atoms with van der Waals surface area (Å²) in [6, 6.07) is 13.3. The van der Waals surface area contributed by atoms with Crippen molar-refractivity contribution in [3.63, 3.8) is 0 Å². The summed E-state index contributed by atoms with van der Waals surface area (Å²) in [7, 11) is 0. The lowest BCUT2D eigenvalue weighted by atomic mass is 10.1. The van der Waals surface area contributed by atoms with Gasteiger partial charge in [-0.3, -0.25) is 0 Å². The molecule has 0 heterocycles. The Morgan fingerprint density at radius 2 is 1.95 bits per heavy atom. The second kappa shape index (κ2) is 5.40. The quantitative estimate of drug-likeness (QED) is 0.908. The predicted molar refractivity (Wildman–Crippen MR) is 81.7 cm³/mol. The maximum atomic E-state index is 5.85. The molecule has 3 rings (SSSR count). The van der Waals surface area contributed by atoms with Gasteiger partial charge in [0, 0.05) is 16.3 Å². The summed E-state index contributed by atoms with van der Waals surface area (Å²) in [4.78, 5) is 2.66. The fourth-order valence-corrected chi connectivity index (χ4v) is 3.83. The Balaban J connectivity index is 1.93. The number of fused-ring (bicyclic) bond motifs is 1. The molecule has 1 aliphatic carbocycles. The molecular formula is C17H19NS. The van der Waals surface area contributed by atoms with Gasteiger partial charge in [-0.25, -0.2) is 0 Å². The third-order valence-corrected chi connectivity index (χ3v) is 5.08. The van der Waals surface area contributed by atoms with Crippen LogP contribution < -0.4 is 5.73 Å². The van der Waals surface area contributed by atoms with E-state index < -0.39 is 0 Å². The highest BCUT2D eigenvalue weighted by Gasteiger charge is 2.12. The molecule has 0 aromatic heterocycles. The molecule has 0 spiro atoms. The van der Waals surface area contributed by atoms with Crippen LogP contribution in [0.5, 0.6) is 0 Å². The minimum Gasteiger partial charge on any atom is -0.326 e. The van der Waals surface area contributed by atoms with Crippen molar-refractivity contribution in [1.29, 1.82) is 0 Å². The van der Waals surface area contributed by atoms with Crippen molar-refractivity contribution in [3.05, 3.63) is 58.7 Å². The molecule has 0 atom stereocenters. The van der Waals surface area contributed by atoms with Crippen LogP contribution >= 0.6 is 11.8 Å². The standard InChI is InChI=1S/C17H19NS/c1-12-4-2-7-15(11-18)17(12)19-16-9-8-13-5-3-6-14(13)10-16/h2,4,7-10H,3,5-6,11,18H2,1H3. The van der Waals surface area contributed by atoms with Crippen LogP contribution in [-0.2, 0) is 19.4 Å². The van der Waals surface area contributed by atoms with Crippen molar-refractivity contribution >= 4 is 11.8 Å². The first-order valence-electron chi connectivity index (χ1n) is 6.86. The van der Waals surface area contributed by atoms with Crippen molar-refractivity contribution in [2.75, 3.05) is 0 Å². The molecule has 0 saturated heterocycles. The molecule has 0 unspecified atom stereocenters. The van der Waals surface area contributed by atoms with E-state index in [2.05, 4.69) is 43.3 Å². The smallest absolute Gasteiger partial charge is 0.0196 e. The average Bonchev–Trinajstić information content (AvgIpc) is 2.88. The van der Waals surface area contributed by atoms with Gasteiger partial charge in [-0.1, -0.05) is 36.0 Å². The van der Waals surface area contributed by atoms with Crippen LogP contribution in [0.4, 0.5) is 0 Å². The summed E-state index contributed by atoms with van der Waals surface area (Å²) < 4.78 is 0. The maximum absolute atomic E-state index is 5.85. The largest absolute Gasteiger partial charge is 0.326 e. The normalized spacial score (nSPS) is 13.6. The van der Waals surface area contributed by atoms with Crippen molar-refractivity contribution in [2.24, 2.45) is 5.73 Å². The van der Waals surface area contributed by atoms with Gasteiger partial charge in [-0.2, -0.15) is 0 Å². The first kappa shape index (κ1) is 12.8. The number of benzene rings is 2. The Hall–Kier alpha value is -1.25. The lowest BCUT2D eigenvalue weighted by Crippen LogP contribution is -1.99. The maximum Gasteiger partial charge on any atom is 0.0196 e. The van der Waals surface area contributed by atoms with Crippen molar-refractivity contribution in [1.82, 2.24) is 0 Å². The van der Waals surface area contributed by atoms with E-state index in [1.807, 2.05) is 11.8 Å². The van der Waals surface area contributed by atoms with Crippen molar-refractivity contribution in [3.8, 4) is 0 Å². The van der Waals surface area contributed by atoms with Crippen LogP contribution in [0.25, 0.3) is 0 Å². The van der Waals surface area contributed by atoms with Crippen LogP contribution in [0.3, 0.4) is 0 Å². The van der Waals surface area contributed by atoms with Gasteiger partial charge in [0.1, 0.15) is 0 Å². The third kappa shape index (κ3) is 2.56. The zero-order valence-corrected chi connectivity index (χ0v) is 12.1. The molecule has 0 fully saturated rings. The number of rotatable bonds is 3. The fourth-order valence-electron chi connectivity index (χ4n) is 2.75. The van der Waals surface area contributed by atoms with E-state index >= 15 is 0 Å². The minimum absolute atomic E-state index is 0.606. The Bertz CT molecular complexity index is 604. The Kier molecular flexibility index (Phi) is 3.63. The summed E-state index contributed by atoms with van der Waals surface area (Å²) in [6.45, 7) is 2.77. The summed E-state index contributed by atoms with van der Waals surface area (Å²) in [5.41, 5.74) is 11.5. The molecule has 1 nitrogen and oxygen atoms in total. The molecule has 19 heavy (non-hydrogen) atoms. The predicted octanol–water partition coefficient (Wildman–Crippen LogP) is 4.09. The zero-order valence-electron chi connectivity index (χ0n) is 11.3. The van der Waals surface area contributed by atoms with E-state index in [4.69, 9.17) is 5.73 Å².